The molecule has 2 unspecified atom stereocenters. The van der Waals surface area contributed by atoms with Crippen molar-refractivity contribution in [1.29, 1.82) is 0 Å². The molecule has 3 aromatic rings. The Morgan fingerprint density at radius 1 is 1.17 bits per heavy atom. The molecule has 2 aliphatic carbocycles. The summed E-state index contributed by atoms with van der Waals surface area (Å²) in [5.74, 6) is 0.219. The van der Waals surface area contributed by atoms with Crippen LogP contribution in [0.3, 0.4) is 0 Å². The zero-order chi connectivity index (χ0) is 33.5. The topological polar surface area (TPSA) is 128 Å². The van der Waals surface area contributed by atoms with Gasteiger partial charge in [-0.25, -0.2) is 23.2 Å². The van der Waals surface area contributed by atoms with Gasteiger partial charge in [-0.1, -0.05) is 17.7 Å². The number of benzene rings is 2. The van der Waals surface area contributed by atoms with Crippen LogP contribution in [0.15, 0.2) is 60.0 Å². The number of aryl methyl sites for hydroxylation is 1. The van der Waals surface area contributed by atoms with Crippen molar-refractivity contribution < 1.29 is 32.5 Å². The molecule has 0 radical (unpaired) electrons. The summed E-state index contributed by atoms with van der Waals surface area (Å²) < 4.78 is 44.8. The van der Waals surface area contributed by atoms with E-state index in [0.29, 0.717) is 43.6 Å². The molecule has 1 saturated heterocycles. The van der Waals surface area contributed by atoms with Gasteiger partial charge in [0.05, 0.1) is 41.9 Å². The number of aromatic nitrogens is 2. The minimum Gasteiger partial charge on any atom is -0.490 e. The molecule has 1 N–H and O–H groups in total. The fourth-order valence-corrected chi connectivity index (χ4v) is 9.74. The second-order valence-corrected chi connectivity index (χ2v) is 16.3. The average molecular weight is 696 g/mol. The summed E-state index contributed by atoms with van der Waals surface area (Å²) in [6, 6.07) is 13.0. The summed E-state index contributed by atoms with van der Waals surface area (Å²) in [7, 11) is -3.66. The number of fused-ring (bicyclic) bond motifs is 3. The summed E-state index contributed by atoms with van der Waals surface area (Å²) in [6.07, 6.45) is 8.72. The van der Waals surface area contributed by atoms with Crippen LogP contribution in [0.2, 0.25) is 5.02 Å². The molecule has 256 valence electrons. The van der Waals surface area contributed by atoms with Gasteiger partial charge in [0.1, 0.15) is 5.75 Å². The number of carboxylic acids is 1. The van der Waals surface area contributed by atoms with Crippen molar-refractivity contribution in [2.75, 3.05) is 37.0 Å². The summed E-state index contributed by atoms with van der Waals surface area (Å²) in [4.78, 5) is 22.2. The molecule has 48 heavy (non-hydrogen) atoms. The number of hydrogen-bond acceptors (Lipinski definition) is 9. The Morgan fingerprint density at radius 3 is 2.77 bits per heavy atom. The summed E-state index contributed by atoms with van der Waals surface area (Å²) >= 11 is 6.41. The van der Waals surface area contributed by atoms with Crippen molar-refractivity contribution in [1.82, 2.24) is 9.97 Å². The number of nitrogens with zero attached hydrogens (tertiary/aromatic N) is 3. The predicted molar refractivity (Wildman–Crippen MR) is 181 cm³/mol. The maximum Gasteiger partial charge on any atom is 0.335 e. The molecule has 12 heteroatoms. The van der Waals surface area contributed by atoms with Crippen molar-refractivity contribution in [2.24, 2.45) is 11.8 Å². The number of anilines is 1. The van der Waals surface area contributed by atoms with E-state index in [1.807, 2.05) is 6.07 Å². The first-order valence-corrected chi connectivity index (χ1v) is 18.9. The van der Waals surface area contributed by atoms with Gasteiger partial charge in [-0.3, -0.25) is 0 Å². The Balaban J connectivity index is 1.08. The Bertz CT molecular complexity index is 1760. The van der Waals surface area contributed by atoms with Crippen molar-refractivity contribution in [2.45, 2.75) is 80.8 Å². The Hall–Kier alpha value is -3.25. The summed E-state index contributed by atoms with van der Waals surface area (Å²) in [5, 5.41) is 10.4. The third-order valence-corrected chi connectivity index (χ3v) is 12.6. The largest absolute Gasteiger partial charge is 0.490 e. The highest BCUT2D eigenvalue weighted by atomic mass is 35.5. The Morgan fingerprint density at radius 2 is 2.00 bits per heavy atom. The van der Waals surface area contributed by atoms with Crippen molar-refractivity contribution >= 4 is 33.1 Å². The number of carboxylic acid groups (broad SMARTS) is 1. The van der Waals surface area contributed by atoms with Crippen LogP contribution >= 0.6 is 11.6 Å². The highest BCUT2D eigenvalue weighted by Crippen LogP contribution is 2.47. The van der Waals surface area contributed by atoms with Crippen LogP contribution in [-0.4, -0.2) is 79.8 Å². The molecule has 4 aliphatic rings. The van der Waals surface area contributed by atoms with E-state index < -0.39 is 21.9 Å². The molecule has 0 bridgehead atoms. The average Bonchev–Trinajstić information content (AvgIpc) is 3.20. The molecular weight excluding hydrogens is 654 g/mol. The first-order valence-electron chi connectivity index (χ1n) is 16.9. The number of halogens is 1. The number of carbonyl (C=O) groups is 1. The van der Waals surface area contributed by atoms with E-state index in [2.05, 4.69) is 27.0 Å². The van der Waals surface area contributed by atoms with Gasteiger partial charge in [0, 0.05) is 48.9 Å². The van der Waals surface area contributed by atoms with Crippen LogP contribution in [0.25, 0.3) is 0 Å². The molecule has 7 rings (SSSR count). The van der Waals surface area contributed by atoms with Gasteiger partial charge >= 0.3 is 5.97 Å². The molecule has 1 saturated carbocycles. The molecule has 2 aromatic carbocycles. The van der Waals surface area contributed by atoms with Gasteiger partial charge in [-0.2, -0.15) is 0 Å². The third-order valence-electron chi connectivity index (χ3n) is 10.7. The van der Waals surface area contributed by atoms with Crippen LogP contribution in [0.5, 0.6) is 5.75 Å². The number of rotatable bonds is 9. The summed E-state index contributed by atoms with van der Waals surface area (Å²) in [6.45, 7) is 4.33. The van der Waals surface area contributed by atoms with Gasteiger partial charge in [-0.05, 0) is 105 Å². The second kappa shape index (κ2) is 13.6. The van der Waals surface area contributed by atoms with Crippen LogP contribution in [0, 0.1) is 11.8 Å². The third kappa shape index (κ3) is 6.79. The molecular formula is C36H42ClN3O7S. The minimum absolute atomic E-state index is 0.00308. The zero-order valence-corrected chi connectivity index (χ0v) is 28.7. The van der Waals surface area contributed by atoms with Gasteiger partial charge in [0.2, 0.25) is 15.0 Å². The smallest absolute Gasteiger partial charge is 0.335 e. The molecule has 1 spiro atoms. The van der Waals surface area contributed by atoms with Crippen LogP contribution < -0.4 is 9.64 Å². The van der Waals surface area contributed by atoms with E-state index >= 15 is 0 Å². The van der Waals surface area contributed by atoms with Gasteiger partial charge in [0.25, 0.3) is 0 Å². The monoisotopic (exact) mass is 695 g/mol. The second-order valence-electron chi connectivity index (χ2n) is 13.9. The number of aromatic carboxylic acids is 1. The fraction of sp³-hybridized carbons (Fsp3) is 0.528. The zero-order valence-electron chi connectivity index (χ0n) is 27.1. The quantitative estimate of drug-likeness (QED) is 0.276. The van der Waals surface area contributed by atoms with E-state index in [1.165, 1.54) is 23.5 Å². The number of sulfone groups is 1. The van der Waals surface area contributed by atoms with E-state index in [1.54, 1.807) is 31.2 Å². The molecule has 3 heterocycles. The highest BCUT2D eigenvalue weighted by molar-refractivity contribution is 7.91. The Labute approximate surface area is 286 Å². The summed E-state index contributed by atoms with van der Waals surface area (Å²) in [5.41, 5.74) is 3.34. The fourth-order valence-electron chi connectivity index (χ4n) is 8.26. The lowest BCUT2D eigenvalue weighted by atomic mass is 9.67. The minimum atomic E-state index is -3.66. The van der Waals surface area contributed by atoms with E-state index in [-0.39, 0.29) is 34.1 Å². The molecule has 0 amide bonds. The van der Waals surface area contributed by atoms with Crippen molar-refractivity contribution in [3.63, 3.8) is 0 Å². The molecule has 6 atom stereocenters. The first-order chi connectivity index (χ1) is 23.1. The predicted octanol–water partition coefficient (Wildman–Crippen LogP) is 5.75. The number of hydrogen-bond donors (Lipinski definition) is 1. The maximum atomic E-state index is 12.8. The van der Waals surface area contributed by atoms with Crippen LogP contribution in [0.4, 0.5) is 5.69 Å². The molecule has 2 aliphatic heterocycles. The van der Waals surface area contributed by atoms with Gasteiger partial charge in [-0.15, -0.1) is 0 Å². The lowest BCUT2D eigenvalue weighted by molar-refractivity contribution is -0.126. The highest BCUT2D eigenvalue weighted by Gasteiger charge is 2.45. The normalized spacial score (nSPS) is 27.6. The maximum absolute atomic E-state index is 12.8. The molecule has 2 fully saturated rings. The van der Waals surface area contributed by atoms with E-state index in [0.717, 1.165) is 55.9 Å². The van der Waals surface area contributed by atoms with Crippen LogP contribution in [0.1, 0.15) is 66.9 Å². The van der Waals surface area contributed by atoms with Gasteiger partial charge < -0.3 is 24.2 Å². The van der Waals surface area contributed by atoms with Crippen molar-refractivity contribution in [3.05, 3.63) is 76.6 Å². The Kier molecular flexibility index (Phi) is 9.40. The van der Waals surface area contributed by atoms with Crippen molar-refractivity contribution in [3.8, 4) is 5.75 Å². The van der Waals surface area contributed by atoms with Gasteiger partial charge in [0.15, 0.2) is 0 Å². The standard InChI is InChI=1S/C36H42ClN3O7S/c1-23(20-48(43,44)35-38-13-3-14-39-35)47-28-11-15-45-33(18-28)29-8-5-26(29)19-40-21-36(12-2-4-24-16-27(37)7-9-30(24)36)22-46-32-10-6-25(34(41)42)17-31(32)40/h3,6-7,9-10,13-14,16-17,23,26,28-29,33H,2,4-5,8,11-12,15,18-22H2,1H3,(H,41,42)/t23?,26-,28+,29+,33-,36?/m0/s1. The van der Waals surface area contributed by atoms with Crippen LogP contribution in [-0.2, 0) is 31.1 Å². The lowest BCUT2D eigenvalue weighted by Crippen LogP contribution is -2.51. The lowest BCUT2D eigenvalue weighted by Gasteiger charge is -2.48. The van der Waals surface area contributed by atoms with E-state index in [4.69, 9.17) is 25.8 Å². The first kappa shape index (κ1) is 33.3. The number of ether oxygens (including phenoxy) is 3. The molecule has 10 nitrogen and oxygen atoms in total. The molecule has 1 aromatic heterocycles. The SMILES string of the molecule is CC(CS(=O)(=O)c1ncccn1)O[C@@H]1CCO[C@H]([C@@H]2CC[C@H]2CN2CC3(CCCc4cc(Cl)ccc43)COc3ccc(C(=O)O)cc32)C1. The van der Waals surface area contributed by atoms with E-state index in [9.17, 15) is 18.3 Å².